The molecule has 6 nitrogen and oxygen atoms in total. The average Bonchev–Trinajstić information content (AvgIpc) is 2.70. The number of amides is 1. The van der Waals surface area contributed by atoms with Crippen LogP contribution in [-0.2, 0) is 4.79 Å². The second kappa shape index (κ2) is 5.69. The van der Waals surface area contributed by atoms with E-state index in [1.165, 1.54) is 6.08 Å². The van der Waals surface area contributed by atoms with Crippen LogP contribution in [-0.4, -0.2) is 26.5 Å². The van der Waals surface area contributed by atoms with Crippen LogP contribution < -0.4 is 5.32 Å². The molecule has 1 aromatic heterocycles. The van der Waals surface area contributed by atoms with E-state index in [0.717, 1.165) is 0 Å². The maximum absolute atomic E-state index is 11.3. The van der Waals surface area contributed by atoms with Crippen molar-refractivity contribution in [3.05, 3.63) is 30.1 Å². The topological polar surface area (TPSA) is 83.6 Å². The third kappa shape index (κ3) is 3.72. The molecule has 1 aromatic rings. The number of carbonyl (C=O) groups excluding carboxylic acids is 1. The van der Waals surface area contributed by atoms with Crippen LogP contribution in [0.5, 0.6) is 0 Å². The van der Waals surface area contributed by atoms with Gasteiger partial charge in [-0.05, 0) is 13.8 Å². The SMILES string of the molecule is CC=CC=CC(=O)NC(C)c1nn[nH]n1. The van der Waals surface area contributed by atoms with Crippen LogP contribution in [0, 0.1) is 0 Å². The molecule has 0 saturated carbocycles. The van der Waals surface area contributed by atoms with Gasteiger partial charge in [0.15, 0.2) is 5.82 Å². The quantitative estimate of drug-likeness (QED) is 0.556. The van der Waals surface area contributed by atoms with Gasteiger partial charge < -0.3 is 5.32 Å². The van der Waals surface area contributed by atoms with Crippen molar-refractivity contribution in [1.82, 2.24) is 25.9 Å². The molecule has 0 radical (unpaired) electrons. The first-order valence-electron chi connectivity index (χ1n) is 4.57. The predicted molar refractivity (Wildman–Crippen MR) is 54.7 cm³/mol. The monoisotopic (exact) mass is 207 g/mol. The summed E-state index contributed by atoms with van der Waals surface area (Å²) in [5.41, 5.74) is 0. The summed E-state index contributed by atoms with van der Waals surface area (Å²) in [5.74, 6) is 0.271. The minimum absolute atomic E-state index is 0.189. The van der Waals surface area contributed by atoms with Crippen molar-refractivity contribution in [2.24, 2.45) is 0 Å². The average molecular weight is 207 g/mol. The lowest BCUT2D eigenvalue weighted by Crippen LogP contribution is -2.25. The van der Waals surface area contributed by atoms with E-state index in [2.05, 4.69) is 25.9 Å². The molecule has 15 heavy (non-hydrogen) atoms. The summed E-state index contributed by atoms with van der Waals surface area (Å²) in [4.78, 5) is 11.3. The highest BCUT2D eigenvalue weighted by Crippen LogP contribution is 2.02. The molecule has 1 unspecified atom stereocenters. The third-order valence-corrected chi connectivity index (χ3v) is 1.66. The van der Waals surface area contributed by atoms with E-state index < -0.39 is 0 Å². The summed E-state index contributed by atoms with van der Waals surface area (Å²) < 4.78 is 0. The van der Waals surface area contributed by atoms with Gasteiger partial charge in [0.1, 0.15) is 0 Å². The molecule has 0 aliphatic carbocycles. The van der Waals surface area contributed by atoms with Gasteiger partial charge in [-0.25, -0.2) is 0 Å². The van der Waals surface area contributed by atoms with Crippen LogP contribution in [0.4, 0.5) is 0 Å². The zero-order chi connectivity index (χ0) is 11.1. The Morgan fingerprint density at radius 3 is 2.93 bits per heavy atom. The zero-order valence-corrected chi connectivity index (χ0v) is 8.64. The number of carbonyl (C=O) groups is 1. The van der Waals surface area contributed by atoms with E-state index in [0.29, 0.717) is 5.82 Å². The van der Waals surface area contributed by atoms with Crippen molar-refractivity contribution >= 4 is 5.91 Å². The van der Waals surface area contributed by atoms with Gasteiger partial charge in [-0.3, -0.25) is 4.79 Å². The van der Waals surface area contributed by atoms with Crippen LogP contribution >= 0.6 is 0 Å². The van der Waals surface area contributed by atoms with Crippen LogP contribution in [0.2, 0.25) is 0 Å². The summed E-state index contributed by atoms with van der Waals surface area (Å²) in [6.07, 6.45) is 6.72. The minimum Gasteiger partial charge on any atom is -0.343 e. The molecule has 1 atom stereocenters. The Labute approximate surface area is 87.5 Å². The Bertz CT molecular complexity index is 355. The number of allylic oxidation sites excluding steroid dienone is 3. The number of tetrazole rings is 1. The van der Waals surface area contributed by atoms with Crippen molar-refractivity contribution < 1.29 is 4.79 Å². The fraction of sp³-hybridized carbons (Fsp3) is 0.333. The minimum atomic E-state index is -0.258. The Morgan fingerprint density at radius 2 is 2.33 bits per heavy atom. The summed E-state index contributed by atoms with van der Waals surface area (Å²) in [7, 11) is 0. The third-order valence-electron chi connectivity index (χ3n) is 1.66. The van der Waals surface area contributed by atoms with E-state index in [1.54, 1.807) is 19.1 Å². The highest BCUT2D eigenvalue weighted by molar-refractivity contribution is 5.87. The number of aromatic amines is 1. The molecular weight excluding hydrogens is 194 g/mol. The molecule has 6 heteroatoms. The number of hydrogen-bond donors (Lipinski definition) is 2. The van der Waals surface area contributed by atoms with E-state index in [-0.39, 0.29) is 11.9 Å². The standard InChI is InChI=1S/C9H13N5O/c1-3-4-5-6-8(15)10-7(2)9-11-13-14-12-9/h3-7H,1-2H3,(H,10,15)(H,11,12,13,14). The van der Waals surface area contributed by atoms with Gasteiger partial charge in [-0.1, -0.05) is 23.4 Å². The fourth-order valence-corrected chi connectivity index (χ4v) is 0.933. The summed E-state index contributed by atoms with van der Waals surface area (Å²) in [5, 5.41) is 16.0. The molecule has 1 heterocycles. The molecule has 0 aliphatic heterocycles. The van der Waals surface area contributed by atoms with E-state index in [1.807, 2.05) is 13.0 Å². The summed E-state index contributed by atoms with van der Waals surface area (Å²) in [6, 6.07) is -0.258. The second-order valence-corrected chi connectivity index (χ2v) is 2.89. The highest BCUT2D eigenvalue weighted by atomic mass is 16.1. The molecular formula is C9H13N5O. The Morgan fingerprint density at radius 1 is 1.53 bits per heavy atom. The summed E-state index contributed by atoms with van der Waals surface area (Å²) in [6.45, 7) is 3.66. The first kappa shape index (κ1) is 11.1. The zero-order valence-electron chi connectivity index (χ0n) is 8.64. The van der Waals surface area contributed by atoms with Crippen molar-refractivity contribution in [2.45, 2.75) is 19.9 Å². The number of hydrogen-bond acceptors (Lipinski definition) is 4. The van der Waals surface area contributed by atoms with Crippen LogP contribution in [0.3, 0.4) is 0 Å². The van der Waals surface area contributed by atoms with Crippen molar-refractivity contribution in [3.8, 4) is 0 Å². The maximum Gasteiger partial charge on any atom is 0.244 e. The van der Waals surface area contributed by atoms with Crippen LogP contribution in [0.15, 0.2) is 24.3 Å². The van der Waals surface area contributed by atoms with Gasteiger partial charge >= 0.3 is 0 Å². The van der Waals surface area contributed by atoms with Gasteiger partial charge in [0.2, 0.25) is 5.91 Å². The smallest absolute Gasteiger partial charge is 0.244 e. The molecule has 0 aromatic carbocycles. The number of aromatic nitrogens is 4. The highest BCUT2D eigenvalue weighted by Gasteiger charge is 2.10. The van der Waals surface area contributed by atoms with Crippen molar-refractivity contribution in [3.63, 3.8) is 0 Å². The summed E-state index contributed by atoms with van der Waals surface area (Å²) >= 11 is 0. The van der Waals surface area contributed by atoms with E-state index >= 15 is 0 Å². The lowest BCUT2D eigenvalue weighted by molar-refractivity contribution is -0.117. The van der Waals surface area contributed by atoms with Crippen molar-refractivity contribution in [2.75, 3.05) is 0 Å². The maximum atomic E-state index is 11.3. The Balaban J connectivity index is 2.45. The number of rotatable bonds is 4. The number of nitrogens with one attached hydrogen (secondary N) is 2. The van der Waals surface area contributed by atoms with Crippen molar-refractivity contribution in [1.29, 1.82) is 0 Å². The fourth-order valence-electron chi connectivity index (χ4n) is 0.933. The molecule has 0 aliphatic rings. The molecule has 0 saturated heterocycles. The number of nitrogens with zero attached hydrogens (tertiary/aromatic N) is 3. The van der Waals surface area contributed by atoms with Gasteiger partial charge in [-0.15, -0.1) is 10.2 Å². The van der Waals surface area contributed by atoms with Crippen LogP contribution in [0.25, 0.3) is 0 Å². The Hall–Kier alpha value is -1.98. The van der Waals surface area contributed by atoms with Gasteiger partial charge in [0, 0.05) is 6.08 Å². The number of H-pyrrole nitrogens is 1. The predicted octanol–water partition coefficient (Wildman–Crippen LogP) is 0.509. The lowest BCUT2D eigenvalue weighted by Gasteiger charge is -2.06. The molecule has 1 amide bonds. The molecule has 0 bridgehead atoms. The molecule has 80 valence electrons. The van der Waals surface area contributed by atoms with Gasteiger partial charge in [-0.2, -0.15) is 5.21 Å². The van der Waals surface area contributed by atoms with E-state index in [4.69, 9.17) is 0 Å². The molecule has 1 rings (SSSR count). The molecule has 0 fully saturated rings. The first-order chi connectivity index (χ1) is 7.24. The van der Waals surface area contributed by atoms with Crippen LogP contribution in [0.1, 0.15) is 25.7 Å². The lowest BCUT2D eigenvalue weighted by atomic mass is 10.3. The van der Waals surface area contributed by atoms with E-state index in [9.17, 15) is 4.79 Å². The Kier molecular flexibility index (Phi) is 4.21. The van der Waals surface area contributed by atoms with Gasteiger partial charge in [0.05, 0.1) is 6.04 Å². The molecule has 0 spiro atoms. The second-order valence-electron chi connectivity index (χ2n) is 2.89. The normalized spacial score (nSPS) is 13.5. The first-order valence-corrected chi connectivity index (χ1v) is 4.57. The molecule has 2 N–H and O–H groups in total. The largest absolute Gasteiger partial charge is 0.343 e. The van der Waals surface area contributed by atoms with Gasteiger partial charge in [0.25, 0.3) is 0 Å².